The third-order valence-corrected chi connectivity index (χ3v) is 3.20. The second-order valence-electron chi connectivity index (χ2n) is 4.50. The zero-order chi connectivity index (χ0) is 12.3. The van der Waals surface area contributed by atoms with Gasteiger partial charge in [0.25, 0.3) is 0 Å². The number of nitrogens with two attached hydrogens (primary N) is 1. The number of likely N-dealkylation sites (tertiary alicyclic amines) is 1. The normalized spacial score (nSPS) is 20.4. The molecule has 2 N–H and O–H groups in total. The second-order valence-corrected chi connectivity index (χ2v) is 4.50. The van der Waals surface area contributed by atoms with Crippen LogP contribution in [-0.2, 0) is 4.74 Å². The first-order valence-electron chi connectivity index (χ1n) is 5.90. The molecular formula is C13H18N2O2. The smallest absolute Gasteiger partial charge is 0.338 e. The van der Waals surface area contributed by atoms with Crippen LogP contribution in [-0.4, -0.2) is 37.1 Å². The summed E-state index contributed by atoms with van der Waals surface area (Å²) in [7, 11) is 2.06. The SMILES string of the molecule is CN1CCC[C@H]1COC(=O)c1cccc(N)c1. The zero-order valence-corrected chi connectivity index (χ0v) is 10.1. The van der Waals surface area contributed by atoms with E-state index in [2.05, 4.69) is 11.9 Å². The van der Waals surface area contributed by atoms with Crippen LogP contribution in [0.4, 0.5) is 5.69 Å². The number of esters is 1. The molecule has 0 spiro atoms. The predicted molar refractivity (Wildman–Crippen MR) is 66.8 cm³/mol. The average Bonchev–Trinajstić information content (AvgIpc) is 2.72. The highest BCUT2D eigenvalue weighted by Gasteiger charge is 2.22. The average molecular weight is 234 g/mol. The van der Waals surface area contributed by atoms with Gasteiger partial charge in [0.05, 0.1) is 5.56 Å². The molecule has 1 aliphatic heterocycles. The lowest BCUT2D eigenvalue weighted by atomic mass is 10.2. The maximum absolute atomic E-state index is 11.8. The second kappa shape index (κ2) is 5.19. The van der Waals surface area contributed by atoms with Crippen LogP contribution < -0.4 is 5.73 Å². The molecule has 0 amide bonds. The third-order valence-electron chi connectivity index (χ3n) is 3.20. The topological polar surface area (TPSA) is 55.6 Å². The number of nitrogens with zero attached hydrogens (tertiary/aromatic N) is 1. The molecule has 17 heavy (non-hydrogen) atoms. The molecule has 0 aromatic heterocycles. The molecule has 1 aromatic rings. The van der Waals surface area contributed by atoms with Crippen LogP contribution in [0.2, 0.25) is 0 Å². The standard InChI is InChI=1S/C13H18N2O2/c1-15-7-3-6-12(15)9-17-13(16)10-4-2-5-11(14)8-10/h2,4-5,8,12H,3,6-7,9,14H2,1H3/t12-/m0/s1. The molecule has 1 heterocycles. The van der Waals surface area contributed by atoms with Gasteiger partial charge in [0.2, 0.25) is 0 Å². The Labute approximate surface area is 101 Å². The van der Waals surface area contributed by atoms with E-state index in [0.29, 0.717) is 23.9 Å². The number of benzene rings is 1. The van der Waals surface area contributed by atoms with Gasteiger partial charge in [-0.15, -0.1) is 0 Å². The van der Waals surface area contributed by atoms with Crippen molar-refractivity contribution in [1.29, 1.82) is 0 Å². The number of nitrogen functional groups attached to an aromatic ring is 1. The van der Waals surface area contributed by atoms with Crippen molar-refractivity contribution >= 4 is 11.7 Å². The van der Waals surface area contributed by atoms with Crippen LogP contribution in [0.3, 0.4) is 0 Å². The van der Waals surface area contributed by atoms with E-state index in [9.17, 15) is 4.79 Å². The highest BCUT2D eigenvalue weighted by molar-refractivity contribution is 5.90. The summed E-state index contributed by atoms with van der Waals surface area (Å²) >= 11 is 0. The van der Waals surface area contributed by atoms with Crippen LogP contribution in [0.15, 0.2) is 24.3 Å². The lowest BCUT2D eigenvalue weighted by Gasteiger charge is -2.18. The van der Waals surface area contributed by atoms with Gasteiger partial charge in [-0.05, 0) is 44.6 Å². The minimum atomic E-state index is -0.294. The number of likely N-dealkylation sites (N-methyl/N-ethyl adjacent to an activating group) is 1. The van der Waals surface area contributed by atoms with Crippen molar-refractivity contribution in [3.05, 3.63) is 29.8 Å². The fourth-order valence-electron chi connectivity index (χ4n) is 2.11. The molecule has 0 aliphatic carbocycles. The fraction of sp³-hybridized carbons (Fsp3) is 0.462. The van der Waals surface area contributed by atoms with Gasteiger partial charge in [0, 0.05) is 11.7 Å². The molecular weight excluding hydrogens is 216 g/mol. The molecule has 0 saturated carbocycles. The Morgan fingerprint density at radius 3 is 3.06 bits per heavy atom. The Morgan fingerprint density at radius 2 is 2.41 bits per heavy atom. The Hall–Kier alpha value is -1.55. The molecule has 1 atom stereocenters. The Bertz CT molecular complexity index is 406. The van der Waals surface area contributed by atoms with Gasteiger partial charge < -0.3 is 15.4 Å². The molecule has 0 radical (unpaired) electrons. The fourth-order valence-corrected chi connectivity index (χ4v) is 2.11. The van der Waals surface area contributed by atoms with E-state index in [0.717, 1.165) is 13.0 Å². The Kier molecular flexibility index (Phi) is 3.64. The van der Waals surface area contributed by atoms with Crippen LogP contribution in [0.5, 0.6) is 0 Å². The van der Waals surface area contributed by atoms with Crippen molar-refractivity contribution in [1.82, 2.24) is 4.90 Å². The van der Waals surface area contributed by atoms with Gasteiger partial charge in [0.15, 0.2) is 0 Å². The lowest BCUT2D eigenvalue weighted by molar-refractivity contribution is 0.0416. The summed E-state index contributed by atoms with van der Waals surface area (Å²) in [5.74, 6) is -0.294. The van der Waals surface area contributed by atoms with Crippen LogP contribution in [0.1, 0.15) is 23.2 Å². The van der Waals surface area contributed by atoms with E-state index < -0.39 is 0 Å². The molecule has 0 unspecified atom stereocenters. The summed E-state index contributed by atoms with van der Waals surface area (Å²) in [5, 5.41) is 0. The number of carbonyl (C=O) groups is 1. The monoisotopic (exact) mass is 234 g/mol. The minimum absolute atomic E-state index is 0.294. The Morgan fingerprint density at radius 1 is 1.59 bits per heavy atom. The Balaban J connectivity index is 1.89. The number of rotatable bonds is 3. The third kappa shape index (κ3) is 2.97. The van der Waals surface area contributed by atoms with Crippen molar-refractivity contribution < 1.29 is 9.53 Å². The number of ether oxygens (including phenoxy) is 1. The quantitative estimate of drug-likeness (QED) is 0.636. The maximum atomic E-state index is 11.8. The summed E-state index contributed by atoms with van der Waals surface area (Å²) in [4.78, 5) is 14.0. The van der Waals surface area contributed by atoms with Gasteiger partial charge >= 0.3 is 5.97 Å². The maximum Gasteiger partial charge on any atom is 0.338 e. The first kappa shape index (κ1) is 11.9. The van der Waals surface area contributed by atoms with Gasteiger partial charge in [0.1, 0.15) is 6.61 Å². The zero-order valence-electron chi connectivity index (χ0n) is 10.1. The summed E-state index contributed by atoms with van der Waals surface area (Å²) in [6.07, 6.45) is 2.28. The van der Waals surface area contributed by atoms with Gasteiger partial charge in [-0.3, -0.25) is 0 Å². The molecule has 1 aliphatic rings. The van der Waals surface area contributed by atoms with Gasteiger partial charge in [-0.1, -0.05) is 6.07 Å². The number of hydrogen-bond acceptors (Lipinski definition) is 4. The summed E-state index contributed by atoms with van der Waals surface area (Å²) in [5.41, 5.74) is 6.72. The number of anilines is 1. The highest BCUT2D eigenvalue weighted by Crippen LogP contribution is 2.15. The molecule has 92 valence electrons. The van der Waals surface area contributed by atoms with E-state index in [4.69, 9.17) is 10.5 Å². The van der Waals surface area contributed by atoms with Crippen LogP contribution in [0, 0.1) is 0 Å². The van der Waals surface area contributed by atoms with Crippen molar-refractivity contribution in [3.8, 4) is 0 Å². The molecule has 4 nitrogen and oxygen atoms in total. The van der Waals surface area contributed by atoms with E-state index in [1.54, 1.807) is 24.3 Å². The van der Waals surface area contributed by atoms with Crippen LogP contribution in [0.25, 0.3) is 0 Å². The summed E-state index contributed by atoms with van der Waals surface area (Å²) in [6.45, 7) is 1.55. The number of carbonyl (C=O) groups excluding carboxylic acids is 1. The number of hydrogen-bond donors (Lipinski definition) is 1. The molecule has 0 bridgehead atoms. The van der Waals surface area contributed by atoms with Crippen molar-refractivity contribution in [2.24, 2.45) is 0 Å². The van der Waals surface area contributed by atoms with Gasteiger partial charge in [-0.2, -0.15) is 0 Å². The van der Waals surface area contributed by atoms with E-state index in [-0.39, 0.29) is 5.97 Å². The van der Waals surface area contributed by atoms with E-state index >= 15 is 0 Å². The lowest BCUT2D eigenvalue weighted by Crippen LogP contribution is -2.30. The van der Waals surface area contributed by atoms with E-state index in [1.165, 1.54) is 6.42 Å². The summed E-state index contributed by atoms with van der Waals surface area (Å²) in [6, 6.07) is 7.23. The van der Waals surface area contributed by atoms with Crippen molar-refractivity contribution in [2.45, 2.75) is 18.9 Å². The first-order chi connectivity index (χ1) is 8.16. The molecule has 1 aromatic carbocycles. The van der Waals surface area contributed by atoms with Crippen molar-refractivity contribution in [3.63, 3.8) is 0 Å². The minimum Gasteiger partial charge on any atom is -0.460 e. The first-order valence-corrected chi connectivity index (χ1v) is 5.90. The molecule has 2 rings (SSSR count). The molecule has 1 saturated heterocycles. The van der Waals surface area contributed by atoms with Crippen molar-refractivity contribution in [2.75, 3.05) is 25.9 Å². The highest BCUT2D eigenvalue weighted by atomic mass is 16.5. The molecule has 1 fully saturated rings. The predicted octanol–water partition coefficient (Wildman–Crippen LogP) is 1.52. The van der Waals surface area contributed by atoms with Gasteiger partial charge in [-0.25, -0.2) is 4.79 Å². The largest absolute Gasteiger partial charge is 0.460 e. The molecule has 4 heteroatoms. The van der Waals surface area contributed by atoms with Crippen LogP contribution >= 0.6 is 0 Å². The van der Waals surface area contributed by atoms with E-state index in [1.807, 2.05) is 0 Å². The summed E-state index contributed by atoms with van der Waals surface area (Å²) < 4.78 is 5.30.